The van der Waals surface area contributed by atoms with Gasteiger partial charge in [-0.2, -0.15) is 0 Å². The molecule has 2 aliphatic rings. The smallest absolute Gasteiger partial charge is 0.269 e. The summed E-state index contributed by atoms with van der Waals surface area (Å²) < 4.78 is 6.08. The van der Waals surface area contributed by atoms with Crippen LogP contribution in [0.4, 0.5) is 0 Å². The molecule has 3 rings (SSSR count). The lowest BCUT2D eigenvalue weighted by Crippen LogP contribution is -2.64. The van der Waals surface area contributed by atoms with E-state index in [4.69, 9.17) is 4.74 Å². The topological polar surface area (TPSA) is 48.6 Å². The lowest BCUT2D eigenvalue weighted by Gasteiger charge is -2.60. The highest BCUT2D eigenvalue weighted by atomic mass is 16.5. The van der Waals surface area contributed by atoms with Crippen molar-refractivity contribution in [3.8, 4) is 0 Å². The Hall–Kier alpha value is -1.33. The lowest BCUT2D eigenvalue weighted by molar-refractivity contribution is -0.180. The van der Waals surface area contributed by atoms with Crippen LogP contribution in [0.5, 0.6) is 0 Å². The van der Waals surface area contributed by atoms with Crippen molar-refractivity contribution in [1.82, 2.24) is 14.8 Å². The largest absolute Gasteiger partial charge is 0.378 e. The fraction of sp³-hybridized carbons (Fsp3) is 0.750. The fourth-order valence-electron chi connectivity index (χ4n) is 4.92. The molecule has 1 aromatic rings. The van der Waals surface area contributed by atoms with Gasteiger partial charge < -0.3 is 14.6 Å². The lowest BCUT2D eigenvalue weighted by atomic mass is 9.54. The Kier molecular flexibility index (Phi) is 5.54. The molecule has 0 aliphatic heterocycles. The number of H-pyrrole nitrogens is 1. The van der Waals surface area contributed by atoms with E-state index >= 15 is 0 Å². The van der Waals surface area contributed by atoms with Gasteiger partial charge >= 0.3 is 0 Å². The molecule has 2 fully saturated rings. The Balaban J connectivity index is 1.66. The van der Waals surface area contributed by atoms with Crippen molar-refractivity contribution in [3.63, 3.8) is 0 Å². The number of nitrogens with zero attached hydrogens (tertiary/aromatic N) is 2. The Morgan fingerprint density at radius 3 is 2.60 bits per heavy atom. The van der Waals surface area contributed by atoms with Crippen LogP contribution in [0.15, 0.2) is 12.1 Å². The zero-order chi connectivity index (χ0) is 18.0. The zero-order valence-electron chi connectivity index (χ0n) is 16.2. The fourth-order valence-corrected chi connectivity index (χ4v) is 4.92. The van der Waals surface area contributed by atoms with Gasteiger partial charge in [0.05, 0.1) is 6.10 Å². The molecule has 140 valence electrons. The number of hydrogen-bond acceptors (Lipinski definition) is 3. The summed E-state index contributed by atoms with van der Waals surface area (Å²) in [5, 5.41) is 0. The molecular formula is C20H33N3O2. The molecule has 0 unspecified atom stereocenters. The molecule has 1 spiro atoms. The van der Waals surface area contributed by atoms with Crippen LogP contribution in [0, 0.1) is 5.41 Å². The van der Waals surface area contributed by atoms with Gasteiger partial charge in [0.15, 0.2) is 0 Å². The van der Waals surface area contributed by atoms with Gasteiger partial charge in [0.25, 0.3) is 5.91 Å². The molecule has 1 N–H and O–H groups in total. The summed E-state index contributed by atoms with van der Waals surface area (Å²) in [5.74, 6) is 0.0257. The van der Waals surface area contributed by atoms with Gasteiger partial charge in [-0.3, -0.25) is 9.69 Å². The quantitative estimate of drug-likeness (QED) is 0.859. The van der Waals surface area contributed by atoms with E-state index in [0.717, 1.165) is 25.3 Å². The Labute approximate surface area is 151 Å². The van der Waals surface area contributed by atoms with E-state index in [-0.39, 0.29) is 5.91 Å². The Bertz CT molecular complexity index is 590. The third kappa shape index (κ3) is 3.49. The number of hydrogen-bond donors (Lipinski definition) is 1. The van der Waals surface area contributed by atoms with E-state index in [2.05, 4.69) is 23.9 Å². The average molecular weight is 348 g/mol. The highest BCUT2D eigenvalue weighted by Crippen LogP contribution is 2.55. The molecule has 2 aliphatic carbocycles. The average Bonchev–Trinajstić information content (AvgIpc) is 3.06. The predicted octanol–water partition coefficient (Wildman–Crippen LogP) is 3.28. The zero-order valence-corrected chi connectivity index (χ0v) is 16.2. The summed E-state index contributed by atoms with van der Waals surface area (Å²) in [6.07, 6.45) is 8.18. The van der Waals surface area contributed by atoms with E-state index < -0.39 is 0 Å². The number of rotatable bonds is 6. The van der Waals surface area contributed by atoms with Crippen LogP contribution >= 0.6 is 0 Å². The van der Waals surface area contributed by atoms with E-state index in [1.165, 1.54) is 32.1 Å². The summed E-state index contributed by atoms with van der Waals surface area (Å²) in [6, 6.07) is 4.52. The SMILES string of the molecule is CCO[C@H]1C[C@@H](N(C)Cc2ccc(C(=O)N(C)C)[nH]2)C12CCCCC2. The van der Waals surface area contributed by atoms with Crippen molar-refractivity contribution in [2.75, 3.05) is 27.7 Å². The maximum atomic E-state index is 12.1. The highest BCUT2D eigenvalue weighted by molar-refractivity contribution is 5.92. The second-order valence-corrected chi connectivity index (χ2v) is 8.00. The minimum Gasteiger partial charge on any atom is -0.378 e. The van der Waals surface area contributed by atoms with Gasteiger partial charge in [-0.1, -0.05) is 19.3 Å². The van der Waals surface area contributed by atoms with Crippen molar-refractivity contribution in [3.05, 3.63) is 23.5 Å². The maximum Gasteiger partial charge on any atom is 0.269 e. The number of ether oxygens (including phenoxy) is 1. The first kappa shape index (κ1) is 18.5. The van der Waals surface area contributed by atoms with Crippen LogP contribution in [0.2, 0.25) is 0 Å². The molecule has 5 nitrogen and oxygen atoms in total. The molecule has 2 atom stereocenters. The van der Waals surface area contributed by atoms with Crippen LogP contribution in [0.3, 0.4) is 0 Å². The highest BCUT2D eigenvalue weighted by Gasteiger charge is 2.56. The molecule has 0 radical (unpaired) electrons. The van der Waals surface area contributed by atoms with Crippen molar-refractivity contribution < 1.29 is 9.53 Å². The molecule has 0 saturated heterocycles. The summed E-state index contributed by atoms with van der Waals surface area (Å²) in [6.45, 7) is 3.78. The standard InChI is InChI=1S/C20H33N3O2/c1-5-25-18-13-17(20(18)11-7-6-8-12-20)23(4)14-15-9-10-16(21-15)19(24)22(2)3/h9-10,17-18,21H,5-8,11-14H2,1-4H3/t17-,18+/m1/s1. The van der Waals surface area contributed by atoms with Gasteiger partial charge in [0.2, 0.25) is 0 Å². The van der Waals surface area contributed by atoms with E-state index in [1.54, 1.807) is 19.0 Å². The third-order valence-electron chi connectivity index (χ3n) is 6.23. The summed E-state index contributed by atoms with van der Waals surface area (Å²) in [5.41, 5.74) is 2.12. The normalized spacial score (nSPS) is 25.2. The molecule has 2 saturated carbocycles. The Morgan fingerprint density at radius 2 is 1.96 bits per heavy atom. The van der Waals surface area contributed by atoms with E-state index in [0.29, 0.717) is 23.3 Å². The molecule has 25 heavy (non-hydrogen) atoms. The first-order valence-corrected chi connectivity index (χ1v) is 9.69. The summed E-state index contributed by atoms with van der Waals surface area (Å²) in [7, 11) is 5.78. The number of amides is 1. The predicted molar refractivity (Wildman–Crippen MR) is 99.6 cm³/mol. The van der Waals surface area contributed by atoms with Crippen LogP contribution < -0.4 is 0 Å². The molecular weight excluding hydrogens is 314 g/mol. The van der Waals surface area contributed by atoms with Crippen LogP contribution in [0.25, 0.3) is 0 Å². The molecule has 0 aromatic carbocycles. The maximum absolute atomic E-state index is 12.1. The number of aromatic nitrogens is 1. The summed E-state index contributed by atoms with van der Waals surface area (Å²) >= 11 is 0. The van der Waals surface area contributed by atoms with Gasteiger partial charge in [-0.15, -0.1) is 0 Å². The first-order chi connectivity index (χ1) is 12.0. The van der Waals surface area contributed by atoms with Crippen molar-refractivity contribution in [1.29, 1.82) is 0 Å². The van der Waals surface area contributed by atoms with Crippen molar-refractivity contribution in [2.45, 2.75) is 64.1 Å². The molecule has 5 heteroatoms. The number of aromatic amines is 1. The van der Waals surface area contributed by atoms with Crippen molar-refractivity contribution in [2.24, 2.45) is 5.41 Å². The summed E-state index contributed by atoms with van der Waals surface area (Å²) in [4.78, 5) is 19.4. The second-order valence-electron chi connectivity index (χ2n) is 8.00. The number of carbonyl (C=O) groups is 1. The van der Waals surface area contributed by atoms with Crippen LogP contribution in [-0.4, -0.2) is 60.6 Å². The molecule has 0 bridgehead atoms. The molecule has 1 heterocycles. The van der Waals surface area contributed by atoms with E-state index in [1.807, 2.05) is 12.1 Å². The van der Waals surface area contributed by atoms with Gasteiger partial charge in [-0.05, 0) is 45.4 Å². The van der Waals surface area contributed by atoms with Crippen LogP contribution in [0.1, 0.15) is 61.6 Å². The molecule has 1 aromatic heterocycles. The van der Waals surface area contributed by atoms with Gasteiger partial charge in [0, 0.05) is 44.4 Å². The number of nitrogens with one attached hydrogen (secondary N) is 1. The van der Waals surface area contributed by atoms with Gasteiger partial charge in [0.1, 0.15) is 5.69 Å². The minimum absolute atomic E-state index is 0.0257. The third-order valence-corrected chi connectivity index (χ3v) is 6.23. The monoisotopic (exact) mass is 347 g/mol. The van der Waals surface area contributed by atoms with Crippen LogP contribution in [-0.2, 0) is 11.3 Å². The van der Waals surface area contributed by atoms with E-state index in [9.17, 15) is 4.79 Å². The van der Waals surface area contributed by atoms with Gasteiger partial charge in [-0.25, -0.2) is 0 Å². The Morgan fingerprint density at radius 1 is 1.24 bits per heavy atom. The molecule has 1 amide bonds. The second kappa shape index (κ2) is 7.50. The number of carbonyl (C=O) groups excluding carboxylic acids is 1. The first-order valence-electron chi connectivity index (χ1n) is 9.69. The minimum atomic E-state index is 0.0257. The van der Waals surface area contributed by atoms with Crippen molar-refractivity contribution >= 4 is 5.91 Å².